The van der Waals surface area contributed by atoms with Crippen molar-refractivity contribution in [2.75, 3.05) is 7.11 Å². The molecule has 0 bridgehead atoms. The summed E-state index contributed by atoms with van der Waals surface area (Å²) < 4.78 is 6.26. The monoisotopic (exact) mass is 220 g/mol. The molecule has 5 nitrogen and oxygen atoms in total. The zero-order valence-electron chi connectivity index (χ0n) is 9.11. The van der Waals surface area contributed by atoms with Crippen LogP contribution in [0.2, 0.25) is 0 Å². The highest BCUT2D eigenvalue weighted by Crippen LogP contribution is 2.18. The van der Waals surface area contributed by atoms with Crippen molar-refractivity contribution in [2.45, 2.75) is 13.5 Å². The number of fused-ring (bicyclic) bond motifs is 1. The predicted molar refractivity (Wildman–Crippen MR) is 61.1 cm³/mol. The van der Waals surface area contributed by atoms with Gasteiger partial charge in [0.05, 0.1) is 12.6 Å². The van der Waals surface area contributed by atoms with E-state index >= 15 is 0 Å². The molecule has 1 aromatic heterocycles. The van der Waals surface area contributed by atoms with Crippen LogP contribution in [0, 0.1) is 0 Å². The van der Waals surface area contributed by atoms with Crippen molar-refractivity contribution in [3.8, 4) is 5.75 Å². The van der Waals surface area contributed by atoms with E-state index in [0.29, 0.717) is 23.2 Å². The Labute approximate surface area is 91.3 Å². The number of rotatable bonds is 2. The lowest BCUT2D eigenvalue weighted by Crippen LogP contribution is -2.34. The lowest BCUT2D eigenvalue weighted by Gasteiger charge is -2.06. The zero-order valence-corrected chi connectivity index (χ0v) is 9.11. The number of nitrogens with zero attached hydrogens (tertiary/aromatic N) is 1. The quantitative estimate of drug-likeness (QED) is 0.811. The van der Waals surface area contributed by atoms with Crippen LogP contribution in [0.1, 0.15) is 6.92 Å². The number of aromatic amines is 1. The SMILES string of the molecule is CCn1c(=O)[nH]c2cccc(OC)c2c1=O. The van der Waals surface area contributed by atoms with Crippen molar-refractivity contribution < 1.29 is 4.74 Å². The summed E-state index contributed by atoms with van der Waals surface area (Å²) >= 11 is 0. The number of benzene rings is 1. The van der Waals surface area contributed by atoms with Gasteiger partial charge in [-0.25, -0.2) is 4.79 Å². The summed E-state index contributed by atoms with van der Waals surface area (Å²) in [6, 6.07) is 5.11. The van der Waals surface area contributed by atoms with Gasteiger partial charge in [-0.3, -0.25) is 9.36 Å². The maximum atomic E-state index is 12.0. The Morgan fingerprint density at radius 2 is 2.12 bits per heavy atom. The zero-order chi connectivity index (χ0) is 11.7. The number of methoxy groups -OCH3 is 1. The first-order valence-electron chi connectivity index (χ1n) is 4.99. The standard InChI is InChI=1S/C11H12N2O3/c1-3-13-10(14)9-7(12-11(13)15)5-4-6-8(9)16-2/h4-6H,3H2,1-2H3,(H,12,15). The summed E-state index contributed by atoms with van der Waals surface area (Å²) in [5.74, 6) is 0.473. The predicted octanol–water partition coefficient (Wildman–Crippen LogP) is 0.718. The molecule has 1 heterocycles. The fraction of sp³-hybridized carbons (Fsp3) is 0.273. The average Bonchev–Trinajstić information content (AvgIpc) is 2.28. The molecule has 0 fully saturated rings. The molecule has 5 heteroatoms. The van der Waals surface area contributed by atoms with E-state index in [2.05, 4.69) is 4.98 Å². The van der Waals surface area contributed by atoms with E-state index in [1.165, 1.54) is 7.11 Å². The smallest absolute Gasteiger partial charge is 0.328 e. The maximum absolute atomic E-state index is 12.0. The number of H-pyrrole nitrogens is 1. The normalized spacial score (nSPS) is 10.6. The Morgan fingerprint density at radius 1 is 1.38 bits per heavy atom. The van der Waals surface area contributed by atoms with Crippen molar-refractivity contribution in [3.05, 3.63) is 39.0 Å². The molecule has 0 aliphatic heterocycles. The molecule has 0 saturated heterocycles. The third-order valence-corrected chi connectivity index (χ3v) is 2.51. The Kier molecular flexibility index (Phi) is 2.52. The van der Waals surface area contributed by atoms with Crippen molar-refractivity contribution in [3.63, 3.8) is 0 Å². The number of hydrogen-bond acceptors (Lipinski definition) is 3. The van der Waals surface area contributed by atoms with Gasteiger partial charge in [-0.1, -0.05) is 6.07 Å². The molecule has 0 amide bonds. The average molecular weight is 220 g/mol. The summed E-state index contributed by atoms with van der Waals surface area (Å²) in [5, 5.41) is 0.409. The Morgan fingerprint density at radius 3 is 2.75 bits per heavy atom. The molecule has 1 N–H and O–H groups in total. The summed E-state index contributed by atoms with van der Waals surface area (Å²) in [6.07, 6.45) is 0. The van der Waals surface area contributed by atoms with Crippen LogP contribution in [-0.4, -0.2) is 16.7 Å². The minimum Gasteiger partial charge on any atom is -0.496 e. The number of ether oxygens (including phenoxy) is 1. The van der Waals surface area contributed by atoms with Gasteiger partial charge in [-0.05, 0) is 19.1 Å². The highest BCUT2D eigenvalue weighted by molar-refractivity contribution is 5.83. The van der Waals surface area contributed by atoms with Crippen LogP contribution >= 0.6 is 0 Å². The maximum Gasteiger partial charge on any atom is 0.328 e. The molecule has 1 aromatic carbocycles. The van der Waals surface area contributed by atoms with Gasteiger partial charge in [0.15, 0.2) is 0 Å². The van der Waals surface area contributed by atoms with Gasteiger partial charge in [0.1, 0.15) is 11.1 Å². The van der Waals surface area contributed by atoms with Crippen LogP contribution in [0.5, 0.6) is 5.75 Å². The van der Waals surface area contributed by atoms with Gasteiger partial charge in [-0.2, -0.15) is 0 Å². The van der Waals surface area contributed by atoms with Crippen LogP contribution in [0.4, 0.5) is 0 Å². The van der Waals surface area contributed by atoms with Crippen LogP contribution in [0.15, 0.2) is 27.8 Å². The second-order valence-corrected chi connectivity index (χ2v) is 3.36. The lowest BCUT2D eigenvalue weighted by atomic mass is 10.2. The Bertz CT molecular complexity index is 640. The molecule has 0 radical (unpaired) electrons. The number of nitrogens with one attached hydrogen (secondary N) is 1. The van der Waals surface area contributed by atoms with Gasteiger partial charge in [0, 0.05) is 6.54 Å². The van der Waals surface area contributed by atoms with Crippen LogP contribution < -0.4 is 16.0 Å². The number of aromatic nitrogens is 2. The van der Waals surface area contributed by atoms with Gasteiger partial charge in [-0.15, -0.1) is 0 Å². The Balaban J connectivity index is 3.01. The first-order chi connectivity index (χ1) is 7.69. The van der Waals surface area contributed by atoms with Gasteiger partial charge < -0.3 is 9.72 Å². The molecule has 0 saturated carbocycles. The Hall–Kier alpha value is -2.04. The topological polar surface area (TPSA) is 64.1 Å². The fourth-order valence-electron chi connectivity index (χ4n) is 1.72. The molecule has 0 aliphatic carbocycles. The van der Waals surface area contributed by atoms with E-state index < -0.39 is 5.69 Å². The van der Waals surface area contributed by atoms with Crippen molar-refractivity contribution >= 4 is 10.9 Å². The van der Waals surface area contributed by atoms with Crippen molar-refractivity contribution in [1.29, 1.82) is 0 Å². The minimum atomic E-state index is -0.395. The van der Waals surface area contributed by atoms with Crippen LogP contribution in [-0.2, 0) is 6.54 Å². The largest absolute Gasteiger partial charge is 0.496 e. The van der Waals surface area contributed by atoms with Crippen LogP contribution in [0.25, 0.3) is 10.9 Å². The fourth-order valence-corrected chi connectivity index (χ4v) is 1.72. The van der Waals surface area contributed by atoms with Gasteiger partial charge >= 0.3 is 5.69 Å². The van der Waals surface area contributed by atoms with Gasteiger partial charge in [0.2, 0.25) is 0 Å². The van der Waals surface area contributed by atoms with Crippen molar-refractivity contribution in [2.24, 2.45) is 0 Å². The van der Waals surface area contributed by atoms with E-state index in [4.69, 9.17) is 4.74 Å². The minimum absolute atomic E-state index is 0.321. The molecule has 84 valence electrons. The van der Waals surface area contributed by atoms with Gasteiger partial charge in [0.25, 0.3) is 5.56 Å². The lowest BCUT2D eigenvalue weighted by molar-refractivity contribution is 0.419. The van der Waals surface area contributed by atoms with E-state index in [1.54, 1.807) is 25.1 Å². The molecule has 0 spiro atoms. The molecule has 0 unspecified atom stereocenters. The molecule has 2 rings (SSSR count). The van der Waals surface area contributed by atoms with E-state index in [1.807, 2.05) is 0 Å². The first kappa shape index (κ1) is 10.5. The molecule has 2 aromatic rings. The molecule has 0 atom stereocenters. The summed E-state index contributed by atoms with van der Waals surface area (Å²) in [4.78, 5) is 26.2. The second-order valence-electron chi connectivity index (χ2n) is 3.36. The molecule has 16 heavy (non-hydrogen) atoms. The van der Waals surface area contributed by atoms with E-state index in [9.17, 15) is 9.59 Å². The highest BCUT2D eigenvalue weighted by atomic mass is 16.5. The third-order valence-electron chi connectivity index (χ3n) is 2.51. The molecular formula is C11H12N2O3. The highest BCUT2D eigenvalue weighted by Gasteiger charge is 2.10. The summed E-state index contributed by atoms with van der Waals surface area (Å²) in [7, 11) is 1.50. The van der Waals surface area contributed by atoms with Crippen LogP contribution in [0.3, 0.4) is 0 Å². The first-order valence-corrected chi connectivity index (χ1v) is 4.99. The molecule has 0 aliphatic rings. The number of hydrogen-bond donors (Lipinski definition) is 1. The summed E-state index contributed by atoms with van der Waals surface area (Å²) in [5.41, 5.74) is -0.217. The van der Waals surface area contributed by atoms with E-state index in [-0.39, 0.29) is 5.56 Å². The summed E-state index contributed by atoms with van der Waals surface area (Å²) in [6.45, 7) is 2.08. The molecular weight excluding hydrogens is 208 g/mol. The van der Waals surface area contributed by atoms with Crippen molar-refractivity contribution in [1.82, 2.24) is 9.55 Å². The van der Waals surface area contributed by atoms with E-state index in [0.717, 1.165) is 4.57 Å². The third kappa shape index (κ3) is 1.41. The second kappa shape index (κ2) is 3.84.